The Labute approximate surface area is 190 Å². The second-order valence-electron chi connectivity index (χ2n) is 7.97. The van der Waals surface area contributed by atoms with Crippen molar-refractivity contribution in [3.63, 3.8) is 0 Å². The smallest absolute Gasteiger partial charge is 0.477 e. The fraction of sp³-hybridized carbons (Fsp3) is 0.174. The summed E-state index contributed by atoms with van der Waals surface area (Å²) >= 11 is 0. The van der Waals surface area contributed by atoms with Gasteiger partial charge in [-0.15, -0.1) is 0 Å². The van der Waals surface area contributed by atoms with E-state index in [4.69, 9.17) is 15.5 Å². The van der Waals surface area contributed by atoms with Crippen LogP contribution in [0.5, 0.6) is 5.88 Å². The minimum absolute atomic E-state index is 0.378. The minimum atomic E-state index is -1.52. The van der Waals surface area contributed by atoms with E-state index >= 15 is 0 Å². The summed E-state index contributed by atoms with van der Waals surface area (Å²) < 4.78 is 7.51. The predicted octanol–water partition coefficient (Wildman–Crippen LogP) is 1.03. The monoisotopic (exact) mass is 443 g/mol. The van der Waals surface area contributed by atoms with Gasteiger partial charge in [-0.05, 0) is 35.6 Å². The van der Waals surface area contributed by atoms with Gasteiger partial charge < -0.3 is 30.2 Å². The first-order valence-electron chi connectivity index (χ1n) is 10.6. The lowest BCUT2D eigenvalue weighted by molar-refractivity contribution is 0.0994. The molecule has 4 heterocycles. The highest BCUT2D eigenvalue weighted by Crippen LogP contribution is 2.35. The molecule has 166 valence electrons. The van der Waals surface area contributed by atoms with E-state index in [1.54, 1.807) is 34.7 Å². The molecule has 10 heteroatoms. The predicted molar refractivity (Wildman–Crippen MR) is 124 cm³/mol. The van der Waals surface area contributed by atoms with Crippen LogP contribution in [0.2, 0.25) is 0 Å². The molecule has 0 fully saturated rings. The number of nitrogens with one attached hydrogen (secondary N) is 1. The number of carbonyl (C=O) groups is 1. The van der Waals surface area contributed by atoms with E-state index in [1.807, 2.05) is 25.3 Å². The van der Waals surface area contributed by atoms with Gasteiger partial charge in [-0.1, -0.05) is 30.3 Å². The molecule has 3 aromatic heterocycles. The van der Waals surface area contributed by atoms with Gasteiger partial charge in [-0.25, -0.2) is 4.98 Å². The largest absolute Gasteiger partial charge is 0.488 e. The molecule has 33 heavy (non-hydrogen) atoms. The minimum Gasteiger partial charge on any atom is -0.477 e. The first kappa shape index (κ1) is 21.0. The number of rotatable bonds is 6. The maximum Gasteiger partial charge on any atom is 0.488 e. The molecule has 0 unspecified atom stereocenters. The Hall–Kier alpha value is -3.89. The highest BCUT2D eigenvalue weighted by atomic mass is 16.5. The Balaban J connectivity index is 1.56. The average molecular weight is 443 g/mol. The summed E-state index contributed by atoms with van der Waals surface area (Å²) in [5.41, 5.74) is 10.6. The summed E-state index contributed by atoms with van der Waals surface area (Å²) in [7, 11) is -1.52. The summed E-state index contributed by atoms with van der Waals surface area (Å²) in [4.78, 5) is 21.4. The molecule has 1 aliphatic rings. The van der Waals surface area contributed by atoms with Crippen molar-refractivity contribution in [2.45, 2.75) is 19.9 Å². The van der Waals surface area contributed by atoms with Gasteiger partial charge in [0.25, 0.3) is 5.91 Å². The number of aromatic nitrogens is 3. The second kappa shape index (κ2) is 8.23. The van der Waals surface area contributed by atoms with Gasteiger partial charge in [0.1, 0.15) is 11.5 Å². The van der Waals surface area contributed by atoms with E-state index in [2.05, 4.69) is 10.3 Å². The van der Waals surface area contributed by atoms with Gasteiger partial charge in [0.15, 0.2) is 5.82 Å². The normalized spacial score (nSPS) is 12.5. The highest BCUT2D eigenvalue weighted by molar-refractivity contribution is 6.58. The number of hydrogen-bond acceptors (Lipinski definition) is 7. The van der Waals surface area contributed by atoms with E-state index in [9.17, 15) is 14.8 Å². The summed E-state index contributed by atoms with van der Waals surface area (Å²) in [6.07, 6.45) is 2.54. The zero-order valence-corrected chi connectivity index (χ0v) is 17.9. The van der Waals surface area contributed by atoms with Gasteiger partial charge >= 0.3 is 7.12 Å². The fourth-order valence-corrected chi connectivity index (χ4v) is 4.18. The molecular formula is C23H22BN5O4. The molecule has 4 aromatic rings. The topological polar surface area (TPSA) is 135 Å². The van der Waals surface area contributed by atoms with Crippen LogP contribution in [0.25, 0.3) is 16.9 Å². The Bertz CT molecular complexity index is 1390. The molecule has 0 aliphatic carbocycles. The zero-order chi connectivity index (χ0) is 23.1. The second-order valence-corrected chi connectivity index (χ2v) is 7.97. The number of hydrogen-bond donors (Lipinski definition) is 4. The molecule has 0 saturated heterocycles. The Morgan fingerprint density at radius 3 is 2.85 bits per heavy atom. The number of fused-ring (bicyclic) bond motifs is 2. The quantitative estimate of drug-likeness (QED) is 0.327. The Morgan fingerprint density at radius 1 is 1.24 bits per heavy atom. The SMILES string of the molecule is Cc1cn2c(C(N)=O)cccc2c1-c1nc(NCc2cccc(B(O)O)c2)c2c(n1)OCC2. The molecule has 5 rings (SSSR count). The lowest BCUT2D eigenvalue weighted by Crippen LogP contribution is -2.30. The van der Waals surface area contributed by atoms with Crippen LogP contribution in [-0.4, -0.2) is 44.0 Å². The zero-order valence-electron chi connectivity index (χ0n) is 17.9. The average Bonchev–Trinajstić information content (AvgIpc) is 3.40. The van der Waals surface area contributed by atoms with Crippen molar-refractivity contribution in [1.29, 1.82) is 0 Å². The van der Waals surface area contributed by atoms with Gasteiger partial charge in [0, 0.05) is 24.7 Å². The maximum absolute atomic E-state index is 11.9. The van der Waals surface area contributed by atoms with E-state index in [-0.39, 0.29) is 0 Å². The molecule has 0 bridgehead atoms. The molecule has 5 N–H and O–H groups in total. The van der Waals surface area contributed by atoms with E-state index in [0.717, 1.165) is 27.8 Å². The number of carbonyl (C=O) groups excluding carboxylic acids is 1. The van der Waals surface area contributed by atoms with Gasteiger partial charge in [0.2, 0.25) is 5.88 Å². The number of amides is 1. The molecule has 9 nitrogen and oxygen atoms in total. The van der Waals surface area contributed by atoms with Crippen molar-refractivity contribution in [2.75, 3.05) is 11.9 Å². The van der Waals surface area contributed by atoms with Crippen molar-refractivity contribution in [3.05, 3.63) is 71.0 Å². The van der Waals surface area contributed by atoms with Crippen LogP contribution in [0, 0.1) is 6.92 Å². The van der Waals surface area contributed by atoms with Crippen molar-refractivity contribution < 1.29 is 19.6 Å². The highest BCUT2D eigenvalue weighted by Gasteiger charge is 2.24. The summed E-state index contributed by atoms with van der Waals surface area (Å²) in [5, 5.41) is 22.2. The van der Waals surface area contributed by atoms with Gasteiger partial charge in [0.05, 0.1) is 17.7 Å². The van der Waals surface area contributed by atoms with E-state index in [0.29, 0.717) is 48.3 Å². The first-order chi connectivity index (χ1) is 15.9. The number of benzene rings is 1. The standard InChI is InChI=1S/C23H22BN5O4/c1-13-12-29-17(6-3-7-18(29)20(25)30)19(13)22-27-21(16-8-9-33-23(16)28-22)26-11-14-4-2-5-15(10-14)24(31)32/h2-7,10,12,31-32H,8-9,11H2,1H3,(H2,25,30)(H,26,27,28). The van der Waals surface area contributed by atoms with Crippen LogP contribution in [-0.2, 0) is 13.0 Å². The summed E-state index contributed by atoms with van der Waals surface area (Å²) in [6.45, 7) is 2.89. The number of nitrogens with two attached hydrogens (primary N) is 1. The number of aryl methyl sites for hydroxylation is 1. The number of pyridine rings is 1. The van der Waals surface area contributed by atoms with Crippen LogP contribution in [0.1, 0.15) is 27.2 Å². The van der Waals surface area contributed by atoms with E-state index < -0.39 is 13.0 Å². The molecule has 0 saturated carbocycles. The third-order valence-corrected chi connectivity index (χ3v) is 5.75. The van der Waals surface area contributed by atoms with Gasteiger partial charge in [-0.3, -0.25) is 4.79 Å². The molecule has 0 atom stereocenters. The molecule has 1 aromatic carbocycles. The van der Waals surface area contributed by atoms with Crippen LogP contribution in [0.4, 0.5) is 5.82 Å². The van der Waals surface area contributed by atoms with Crippen molar-refractivity contribution in [1.82, 2.24) is 14.4 Å². The molecular weight excluding hydrogens is 421 g/mol. The summed E-state index contributed by atoms with van der Waals surface area (Å²) in [5.74, 6) is 1.16. The third-order valence-electron chi connectivity index (χ3n) is 5.75. The van der Waals surface area contributed by atoms with Crippen molar-refractivity contribution >= 4 is 29.8 Å². The Kier molecular flexibility index (Phi) is 5.23. The van der Waals surface area contributed by atoms with Crippen molar-refractivity contribution in [2.24, 2.45) is 5.73 Å². The van der Waals surface area contributed by atoms with Crippen LogP contribution in [0.15, 0.2) is 48.7 Å². The molecule has 0 radical (unpaired) electrons. The van der Waals surface area contributed by atoms with Crippen molar-refractivity contribution in [3.8, 4) is 17.3 Å². The first-order valence-corrected chi connectivity index (χ1v) is 10.6. The number of anilines is 1. The molecule has 1 aliphatic heterocycles. The summed E-state index contributed by atoms with van der Waals surface area (Å²) in [6, 6.07) is 12.4. The lowest BCUT2D eigenvalue weighted by Gasteiger charge is -2.12. The van der Waals surface area contributed by atoms with Crippen LogP contribution in [0.3, 0.4) is 0 Å². The fourth-order valence-electron chi connectivity index (χ4n) is 4.18. The number of ether oxygens (including phenoxy) is 1. The molecule has 0 spiro atoms. The number of primary amides is 1. The lowest BCUT2D eigenvalue weighted by atomic mass is 9.79. The van der Waals surface area contributed by atoms with Gasteiger partial charge in [-0.2, -0.15) is 4.98 Å². The third kappa shape index (κ3) is 3.79. The number of nitrogens with zero attached hydrogens (tertiary/aromatic N) is 3. The van der Waals surface area contributed by atoms with Crippen LogP contribution >= 0.6 is 0 Å². The Morgan fingerprint density at radius 2 is 2.06 bits per heavy atom. The van der Waals surface area contributed by atoms with E-state index in [1.165, 1.54) is 0 Å². The molecule has 1 amide bonds. The maximum atomic E-state index is 11.9. The van der Waals surface area contributed by atoms with Crippen LogP contribution < -0.4 is 21.3 Å².